The predicted molar refractivity (Wildman–Crippen MR) is 225 cm³/mol. The van der Waals surface area contributed by atoms with Crippen LogP contribution in [0.3, 0.4) is 0 Å². The van der Waals surface area contributed by atoms with E-state index in [0.29, 0.717) is 84.5 Å². The van der Waals surface area contributed by atoms with Crippen molar-refractivity contribution < 1.29 is 38.2 Å². The molecular weight excluding hydrogens is 786 g/mol. The van der Waals surface area contributed by atoms with Crippen LogP contribution in [0.25, 0.3) is 0 Å². The average Bonchev–Trinajstić information content (AvgIpc) is 3.78. The minimum absolute atomic E-state index is 0.0348. The third kappa shape index (κ3) is 8.19. The molecule has 2 atom stereocenters. The molecule has 3 aromatic rings. The van der Waals surface area contributed by atoms with E-state index in [1.54, 1.807) is 53.4 Å². The van der Waals surface area contributed by atoms with Gasteiger partial charge in [-0.1, -0.05) is 25.8 Å². The minimum Gasteiger partial charge on any atom is -0.495 e. The number of anilines is 5. The number of imide groups is 1. The predicted octanol–water partition coefficient (Wildman–Crippen LogP) is 4.00. The fourth-order valence-electron chi connectivity index (χ4n) is 9.80. The molecule has 61 heavy (non-hydrogen) atoms. The van der Waals surface area contributed by atoms with E-state index in [0.717, 1.165) is 25.7 Å². The Morgan fingerprint density at radius 1 is 1.02 bits per heavy atom. The number of methoxy groups -OCH3 is 1. The van der Waals surface area contributed by atoms with Crippen molar-refractivity contribution >= 4 is 58.4 Å². The van der Waals surface area contributed by atoms with Crippen LogP contribution < -0.4 is 35.4 Å². The number of likely N-dealkylation sites (tertiary alicyclic amines) is 1. The van der Waals surface area contributed by atoms with Gasteiger partial charge in [0.05, 0.1) is 36.1 Å². The molecule has 0 radical (unpaired) electrons. The highest BCUT2D eigenvalue weighted by Gasteiger charge is 2.48. The van der Waals surface area contributed by atoms with Crippen molar-refractivity contribution in [3.8, 4) is 5.75 Å². The molecule has 1 aromatic heterocycles. The van der Waals surface area contributed by atoms with Crippen LogP contribution in [0.5, 0.6) is 5.75 Å². The molecule has 1 saturated carbocycles. The zero-order chi connectivity index (χ0) is 43.0. The molecule has 17 heteroatoms. The summed E-state index contributed by atoms with van der Waals surface area (Å²) < 4.78 is 21.0. The van der Waals surface area contributed by atoms with Crippen molar-refractivity contribution in [2.24, 2.45) is 5.92 Å². The quantitative estimate of drug-likeness (QED) is 0.192. The van der Waals surface area contributed by atoms with Gasteiger partial charge in [0.2, 0.25) is 29.6 Å². The molecule has 5 aliphatic rings. The molecule has 324 valence electrons. The Morgan fingerprint density at radius 3 is 2.44 bits per heavy atom. The maximum Gasteiger partial charge on any atom is 0.251 e. The smallest absolute Gasteiger partial charge is 0.251 e. The lowest BCUT2D eigenvalue weighted by Crippen LogP contribution is -2.72. The number of benzene rings is 2. The first-order valence-electron chi connectivity index (χ1n) is 21.4. The fraction of sp³-hybridized carbons (Fsp3) is 0.523. The SMILES string of the molecule is CC[C@@H]1C(=O)N(C)c2cnc(Nc3ccc(C(=O)NC4(CCO)CN(C(=O)C5CCN(c6ccc(C7CCC(=O)NC7=O)cc6F)CC5)C4)cc3OC)nc2N1C1CCCC1. The molecule has 5 heterocycles. The number of piperidine rings is 2. The molecule has 8 rings (SSSR count). The van der Waals surface area contributed by atoms with Crippen molar-refractivity contribution in [3.05, 3.63) is 59.5 Å². The maximum absolute atomic E-state index is 15.3. The topological polar surface area (TPSA) is 190 Å². The molecule has 2 aromatic carbocycles. The lowest BCUT2D eigenvalue weighted by Gasteiger charge is -2.51. The summed E-state index contributed by atoms with van der Waals surface area (Å²) >= 11 is 0. The maximum atomic E-state index is 15.3. The van der Waals surface area contributed by atoms with Crippen molar-refractivity contribution in [3.63, 3.8) is 0 Å². The number of halogens is 1. The molecule has 0 bridgehead atoms. The fourth-order valence-corrected chi connectivity index (χ4v) is 9.80. The summed E-state index contributed by atoms with van der Waals surface area (Å²) in [4.78, 5) is 81.4. The first-order valence-corrected chi connectivity index (χ1v) is 21.4. The van der Waals surface area contributed by atoms with Crippen LogP contribution >= 0.6 is 0 Å². The van der Waals surface area contributed by atoms with Gasteiger partial charge in [-0.3, -0.25) is 29.3 Å². The van der Waals surface area contributed by atoms with Crippen molar-refractivity contribution in [2.45, 2.75) is 94.7 Å². The Bertz CT molecular complexity index is 2200. The van der Waals surface area contributed by atoms with Gasteiger partial charge < -0.3 is 40.1 Å². The number of carbonyl (C=O) groups excluding carboxylic acids is 5. The monoisotopic (exact) mass is 839 g/mol. The largest absolute Gasteiger partial charge is 0.495 e. The normalized spacial score (nSPS) is 21.8. The minimum atomic E-state index is -0.813. The van der Waals surface area contributed by atoms with E-state index in [4.69, 9.17) is 9.72 Å². The van der Waals surface area contributed by atoms with E-state index >= 15 is 4.39 Å². The lowest BCUT2D eigenvalue weighted by molar-refractivity contribution is -0.145. The van der Waals surface area contributed by atoms with E-state index in [2.05, 4.69) is 25.8 Å². The number of carbonyl (C=O) groups is 5. The summed E-state index contributed by atoms with van der Waals surface area (Å²) in [5.41, 5.74) is 1.66. The molecule has 5 amide bonds. The number of likely N-dealkylation sites (N-methyl/N-ethyl adjacent to an activating group) is 1. The number of nitrogens with zero attached hydrogens (tertiary/aromatic N) is 6. The number of hydrogen-bond donors (Lipinski definition) is 4. The third-order valence-electron chi connectivity index (χ3n) is 13.2. The zero-order valence-electron chi connectivity index (χ0n) is 34.9. The van der Waals surface area contributed by atoms with Crippen molar-refractivity contribution in [2.75, 3.05) is 67.0 Å². The number of nitrogens with one attached hydrogen (secondary N) is 3. The highest BCUT2D eigenvalue weighted by atomic mass is 19.1. The van der Waals surface area contributed by atoms with E-state index in [1.807, 2.05) is 11.8 Å². The number of aliphatic hydroxyl groups is 1. The first kappa shape index (κ1) is 41.9. The lowest BCUT2D eigenvalue weighted by atomic mass is 9.83. The molecule has 4 fully saturated rings. The third-order valence-corrected chi connectivity index (χ3v) is 13.2. The molecule has 0 spiro atoms. The second kappa shape index (κ2) is 17.3. The second-order valence-corrected chi connectivity index (χ2v) is 17.0. The van der Waals surface area contributed by atoms with Crippen molar-refractivity contribution in [1.82, 2.24) is 25.5 Å². The van der Waals surface area contributed by atoms with E-state index < -0.39 is 23.2 Å². The van der Waals surface area contributed by atoms with Crippen LogP contribution in [0.1, 0.15) is 93.0 Å². The molecule has 1 aliphatic carbocycles. The van der Waals surface area contributed by atoms with Gasteiger partial charge in [-0.25, -0.2) is 9.37 Å². The van der Waals surface area contributed by atoms with Crippen LogP contribution in [-0.2, 0) is 19.2 Å². The van der Waals surface area contributed by atoms with Crippen LogP contribution in [-0.4, -0.2) is 114 Å². The Balaban J connectivity index is 0.881. The highest BCUT2D eigenvalue weighted by Crippen LogP contribution is 2.41. The number of amides is 5. The number of rotatable bonds is 12. The van der Waals surface area contributed by atoms with Crippen LogP contribution in [0.2, 0.25) is 0 Å². The van der Waals surface area contributed by atoms with Gasteiger partial charge in [0.1, 0.15) is 23.3 Å². The van der Waals surface area contributed by atoms with Gasteiger partial charge in [0.15, 0.2) is 5.82 Å². The average molecular weight is 840 g/mol. The Kier molecular flexibility index (Phi) is 11.9. The van der Waals surface area contributed by atoms with Gasteiger partial charge in [-0.15, -0.1) is 0 Å². The molecular formula is C44H54FN9O7. The number of aliphatic hydroxyl groups excluding tert-OH is 1. The molecule has 1 unspecified atom stereocenters. The second-order valence-electron chi connectivity index (χ2n) is 17.0. The van der Waals surface area contributed by atoms with E-state index in [1.165, 1.54) is 13.2 Å². The van der Waals surface area contributed by atoms with Gasteiger partial charge in [0, 0.05) is 63.8 Å². The number of ether oxygens (including phenoxy) is 1. The Hall–Kier alpha value is -5.84. The van der Waals surface area contributed by atoms with Crippen LogP contribution in [0.4, 0.5) is 33.2 Å². The molecule has 4 N–H and O–H groups in total. The summed E-state index contributed by atoms with van der Waals surface area (Å²) in [7, 11) is 3.27. The van der Waals surface area contributed by atoms with E-state index in [-0.39, 0.29) is 74.2 Å². The number of aromatic nitrogens is 2. The van der Waals surface area contributed by atoms with Gasteiger partial charge in [-0.05, 0) is 80.8 Å². The summed E-state index contributed by atoms with van der Waals surface area (Å²) in [5.74, 6) is -0.968. The molecule has 4 aliphatic heterocycles. The zero-order valence-corrected chi connectivity index (χ0v) is 34.9. The summed E-state index contributed by atoms with van der Waals surface area (Å²) in [5, 5.41) is 18.6. The number of hydrogen-bond acceptors (Lipinski definition) is 12. The summed E-state index contributed by atoms with van der Waals surface area (Å²) in [6.07, 6.45) is 8.42. The van der Waals surface area contributed by atoms with Gasteiger partial charge in [-0.2, -0.15) is 4.98 Å². The number of fused-ring (bicyclic) bond motifs is 1. The summed E-state index contributed by atoms with van der Waals surface area (Å²) in [6, 6.07) is 9.68. The standard InChI is InChI=1S/C44H54FN9O7/c1-4-33-42(60)51(2)35-23-46-43(49-38(35)54(33)29-7-5-6-8-29)47-32-12-9-28(22-36(32)61-3)39(57)50-44(17-20-55)24-53(25-44)41(59)26-15-18-52(19-16-26)34-13-10-27(21-31(34)45)30-11-14-37(56)48-40(30)58/h9-10,12-13,21-23,26,29-30,33,55H,4-8,11,14-20,24-25H2,1-3H3,(H,50,57)(H,46,47,49)(H,48,56,58)/t30?,33-/m1/s1. The van der Waals surface area contributed by atoms with Crippen molar-refractivity contribution in [1.29, 1.82) is 0 Å². The molecule has 3 saturated heterocycles. The first-order chi connectivity index (χ1) is 29.4. The summed E-state index contributed by atoms with van der Waals surface area (Å²) in [6.45, 7) is 3.28. The Morgan fingerprint density at radius 2 is 1.77 bits per heavy atom. The Labute approximate surface area is 354 Å². The highest BCUT2D eigenvalue weighted by molar-refractivity contribution is 6.04. The van der Waals surface area contributed by atoms with E-state index in [9.17, 15) is 29.1 Å². The van der Waals surface area contributed by atoms with Gasteiger partial charge in [0.25, 0.3) is 5.91 Å². The molecule has 16 nitrogen and oxygen atoms in total. The van der Waals surface area contributed by atoms with Crippen LogP contribution in [0.15, 0.2) is 42.6 Å². The van der Waals surface area contributed by atoms with Crippen LogP contribution in [0, 0.1) is 11.7 Å². The van der Waals surface area contributed by atoms with Gasteiger partial charge >= 0.3 is 0 Å².